The first-order valence-electron chi connectivity index (χ1n) is 9.77. The van der Waals surface area contributed by atoms with Gasteiger partial charge in [0.2, 0.25) is 11.8 Å². The van der Waals surface area contributed by atoms with Crippen molar-refractivity contribution in [3.05, 3.63) is 23.8 Å². The Bertz CT molecular complexity index is 683. The molecule has 0 unspecified atom stereocenters. The molecule has 0 N–H and O–H groups in total. The van der Waals surface area contributed by atoms with E-state index < -0.39 is 0 Å². The van der Waals surface area contributed by atoms with Crippen molar-refractivity contribution < 1.29 is 9.59 Å². The summed E-state index contributed by atoms with van der Waals surface area (Å²) in [7, 11) is 2.00. The van der Waals surface area contributed by atoms with Gasteiger partial charge in [0, 0.05) is 51.1 Å². The monoisotopic (exact) mass is 356 g/mol. The van der Waals surface area contributed by atoms with Gasteiger partial charge in [-0.25, -0.2) is 0 Å². The van der Waals surface area contributed by atoms with Crippen LogP contribution in [-0.4, -0.2) is 74.5 Å². The van der Waals surface area contributed by atoms with Gasteiger partial charge in [-0.15, -0.1) is 0 Å². The summed E-state index contributed by atoms with van der Waals surface area (Å²) in [6.07, 6.45) is 4.30. The molecule has 0 aromatic heterocycles. The Balaban J connectivity index is 1.49. The molecule has 26 heavy (non-hydrogen) atoms. The SMILES string of the molecule is CN(CC(=O)N1CCC1)c1cccc2c1CCCN2CC(=O)N1CCC1. The van der Waals surface area contributed by atoms with Gasteiger partial charge in [0.25, 0.3) is 0 Å². The van der Waals surface area contributed by atoms with Crippen molar-refractivity contribution in [1.82, 2.24) is 9.80 Å². The summed E-state index contributed by atoms with van der Waals surface area (Å²) in [6.45, 7) is 5.41. The van der Waals surface area contributed by atoms with Crippen LogP contribution in [0, 0.1) is 0 Å². The second kappa shape index (κ2) is 7.17. The lowest BCUT2D eigenvalue weighted by Crippen LogP contribution is -2.48. The van der Waals surface area contributed by atoms with Gasteiger partial charge < -0.3 is 19.6 Å². The number of rotatable bonds is 5. The van der Waals surface area contributed by atoms with Crippen molar-refractivity contribution in [2.75, 3.05) is 62.7 Å². The summed E-state index contributed by atoms with van der Waals surface area (Å²) in [6, 6.07) is 6.26. The third-order valence-electron chi connectivity index (χ3n) is 5.85. The van der Waals surface area contributed by atoms with E-state index in [9.17, 15) is 9.59 Å². The van der Waals surface area contributed by atoms with Gasteiger partial charge in [-0.1, -0.05) is 6.07 Å². The molecule has 1 aromatic rings. The van der Waals surface area contributed by atoms with Crippen LogP contribution in [-0.2, 0) is 16.0 Å². The summed E-state index contributed by atoms with van der Waals surface area (Å²) in [5, 5.41) is 0. The number of nitrogens with zero attached hydrogens (tertiary/aromatic N) is 4. The van der Waals surface area contributed by atoms with Crippen LogP contribution < -0.4 is 9.80 Å². The Morgan fingerprint density at radius 2 is 1.65 bits per heavy atom. The van der Waals surface area contributed by atoms with Gasteiger partial charge in [0.15, 0.2) is 0 Å². The fourth-order valence-corrected chi connectivity index (χ4v) is 3.99. The number of hydrogen-bond donors (Lipinski definition) is 0. The maximum absolute atomic E-state index is 12.4. The highest BCUT2D eigenvalue weighted by atomic mass is 16.2. The molecule has 3 heterocycles. The molecule has 4 rings (SSSR count). The molecule has 0 radical (unpaired) electrons. The molecule has 0 aliphatic carbocycles. The van der Waals surface area contributed by atoms with Crippen molar-refractivity contribution in [2.45, 2.75) is 25.7 Å². The summed E-state index contributed by atoms with van der Waals surface area (Å²) < 4.78 is 0. The van der Waals surface area contributed by atoms with E-state index in [0.29, 0.717) is 13.1 Å². The molecule has 0 atom stereocenters. The van der Waals surface area contributed by atoms with E-state index in [2.05, 4.69) is 21.9 Å². The van der Waals surface area contributed by atoms with Crippen molar-refractivity contribution in [3.8, 4) is 0 Å². The number of carbonyl (C=O) groups is 2. The molecule has 3 aliphatic heterocycles. The third kappa shape index (κ3) is 3.24. The van der Waals surface area contributed by atoms with Gasteiger partial charge >= 0.3 is 0 Å². The largest absolute Gasteiger partial charge is 0.365 e. The quantitative estimate of drug-likeness (QED) is 0.799. The highest BCUT2D eigenvalue weighted by Crippen LogP contribution is 2.34. The second-order valence-electron chi connectivity index (χ2n) is 7.62. The zero-order chi connectivity index (χ0) is 18.1. The summed E-state index contributed by atoms with van der Waals surface area (Å²) in [5.41, 5.74) is 3.55. The molecule has 2 fully saturated rings. The maximum atomic E-state index is 12.4. The first-order valence-corrected chi connectivity index (χ1v) is 9.77. The lowest BCUT2D eigenvalue weighted by atomic mass is 9.98. The highest BCUT2D eigenvalue weighted by Gasteiger charge is 2.27. The van der Waals surface area contributed by atoms with E-state index >= 15 is 0 Å². The van der Waals surface area contributed by atoms with Gasteiger partial charge in [-0.05, 0) is 43.4 Å². The normalized spacial score (nSPS) is 18.7. The van der Waals surface area contributed by atoms with Gasteiger partial charge in [0.1, 0.15) is 0 Å². The van der Waals surface area contributed by atoms with Crippen LogP contribution in [0.3, 0.4) is 0 Å². The topological polar surface area (TPSA) is 47.1 Å². The number of hydrogen-bond acceptors (Lipinski definition) is 4. The summed E-state index contributed by atoms with van der Waals surface area (Å²) >= 11 is 0. The van der Waals surface area contributed by atoms with Crippen LogP contribution in [0.1, 0.15) is 24.8 Å². The van der Waals surface area contributed by atoms with Crippen molar-refractivity contribution >= 4 is 23.2 Å². The molecule has 2 amide bonds. The molecule has 6 heteroatoms. The van der Waals surface area contributed by atoms with Crippen LogP contribution in [0.5, 0.6) is 0 Å². The first-order chi connectivity index (χ1) is 12.6. The minimum Gasteiger partial charge on any atom is -0.365 e. The molecule has 6 nitrogen and oxygen atoms in total. The van der Waals surface area contributed by atoms with Crippen molar-refractivity contribution in [1.29, 1.82) is 0 Å². The van der Waals surface area contributed by atoms with Crippen LogP contribution in [0.4, 0.5) is 11.4 Å². The molecule has 3 aliphatic rings. The molecular formula is C20H28N4O2. The Hall–Kier alpha value is -2.24. The van der Waals surface area contributed by atoms with E-state index in [1.165, 1.54) is 5.56 Å². The van der Waals surface area contributed by atoms with Gasteiger partial charge in [0.05, 0.1) is 13.1 Å². The number of amides is 2. The van der Waals surface area contributed by atoms with E-state index in [1.807, 2.05) is 22.9 Å². The summed E-state index contributed by atoms with van der Waals surface area (Å²) in [5.74, 6) is 0.438. The smallest absolute Gasteiger partial charge is 0.242 e. The zero-order valence-corrected chi connectivity index (χ0v) is 15.6. The van der Waals surface area contributed by atoms with Gasteiger partial charge in [-0.2, -0.15) is 0 Å². The number of likely N-dealkylation sites (tertiary alicyclic amines) is 2. The maximum Gasteiger partial charge on any atom is 0.242 e. The lowest BCUT2D eigenvalue weighted by Gasteiger charge is -2.37. The zero-order valence-electron chi connectivity index (χ0n) is 15.6. The molecule has 0 bridgehead atoms. The predicted molar refractivity (Wildman–Crippen MR) is 103 cm³/mol. The molecule has 140 valence electrons. The number of likely N-dealkylation sites (N-methyl/N-ethyl adjacent to an activating group) is 1. The van der Waals surface area contributed by atoms with Crippen molar-refractivity contribution in [2.24, 2.45) is 0 Å². The van der Waals surface area contributed by atoms with E-state index in [0.717, 1.165) is 69.8 Å². The second-order valence-corrected chi connectivity index (χ2v) is 7.62. The Kier molecular flexibility index (Phi) is 4.74. The van der Waals surface area contributed by atoms with E-state index in [-0.39, 0.29) is 11.8 Å². The van der Waals surface area contributed by atoms with Crippen LogP contribution in [0.15, 0.2) is 18.2 Å². The average molecular weight is 356 g/mol. The standard InChI is InChI=1S/C20H28N4O2/c1-21(14-19(25)22-10-4-11-22)17-7-2-8-18-16(17)6-3-9-24(18)15-20(26)23-12-5-13-23/h2,7-8H,3-6,9-15H2,1H3. The van der Waals surface area contributed by atoms with E-state index in [1.54, 1.807) is 0 Å². The predicted octanol–water partition coefficient (Wildman–Crippen LogP) is 1.34. The molecule has 2 saturated heterocycles. The number of benzene rings is 1. The number of carbonyl (C=O) groups excluding carboxylic acids is 2. The number of anilines is 2. The van der Waals surface area contributed by atoms with E-state index in [4.69, 9.17) is 0 Å². The van der Waals surface area contributed by atoms with Crippen LogP contribution >= 0.6 is 0 Å². The molecule has 0 spiro atoms. The third-order valence-corrected chi connectivity index (χ3v) is 5.85. The Morgan fingerprint density at radius 1 is 0.962 bits per heavy atom. The number of fused-ring (bicyclic) bond motifs is 1. The minimum atomic E-state index is 0.206. The highest BCUT2D eigenvalue weighted by molar-refractivity contribution is 5.85. The fourth-order valence-electron chi connectivity index (χ4n) is 3.99. The van der Waals surface area contributed by atoms with Gasteiger partial charge in [-0.3, -0.25) is 9.59 Å². The summed E-state index contributed by atoms with van der Waals surface area (Å²) in [4.78, 5) is 32.9. The minimum absolute atomic E-state index is 0.206. The Labute approximate surface area is 155 Å². The first kappa shape index (κ1) is 17.2. The molecule has 0 saturated carbocycles. The van der Waals surface area contributed by atoms with Crippen LogP contribution in [0.2, 0.25) is 0 Å². The molecule has 1 aromatic carbocycles. The Morgan fingerprint density at radius 3 is 2.31 bits per heavy atom. The van der Waals surface area contributed by atoms with Crippen LogP contribution in [0.25, 0.3) is 0 Å². The fraction of sp³-hybridized carbons (Fsp3) is 0.600. The lowest BCUT2D eigenvalue weighted by molar-refractivity contribution is -0.133. The molecular weight excluding hydrogens is 328 g/mol. The average Bonchev–Trinajstić information content (AvgIpc) is 2.51. The van der Waals surface area contributed by atoms with Crippen molar-refractivity contribution in [3.63, 3.8) is 0 Å².